The van der Waals surface area contributed by atoms with E-state index in [4.69, 9.17) is 4.74 Å². The average Bonchev–Trinajstić information content (AvgIpc) is 2.79. The smallest absolute Gasteiger partial charge is 0.122 e. The van der Waals surface area contributed by atoms with E-state index in [0.717, 1.165) is 11.3 Å². The Labute approximate surface area is 113 Å². The molecule has 3 heteroatoms. The van der Waals surface area contributed by atoms with Crippen molar-refractivity contribution in [3.05, 3.63) is 51.2 Å². The number of thiophene rings is 1. The van der Waals surface area contributed by atoms with E-state index in [1.165, 1.54) is 16.0 Å². The van der Waals surface area contributed by atoms with Crippen LogP contribution in [0, 0.1) is 13.8 Å². The number of methoxy groups -OCH3 is 1. The van der Waals surface area contributed by atoms with Gasteiger partial charge in [0.1, 0.15) is 5.75 Å². The fraction of sp³-hybridized carbons (Fsp3) is 0.333. The van der Waals surface area contributed by atoms with Crippen molar-refractivity contribution in [3.8, 4) is 5.75 Å². The fourth-order valence-corrected chi connectivity index (χ4v) is 2.95. The first-order valence-electron chi connectivity index (χ1n) is 6.03. The summed E-state index contributed by atoms with van der Waals surface area (Å²) in [6.45, 7) is 4.22. The molecule has 0 aliphatic rings. The minimum atomic E-state index is 0.228. The van der Waals surface area contributed by atoms with Crippen LogP contribution in [-0.4, -0.2) is 14.2 Å². The molecule has 2 nitrogen and oxygen atoms in total. The molecule has 0 fully saturated rings. The summed E-state index contributed by atoms with van der Waals surface area (Å²) >= 11 is 1.78. The molecule has 0 aliphatic heterocycles. The van der Waals surface area contributed by atoms with Gasteiger partial charge in [-0.15, -0.1) is 11.3 Å². The standard InChI is InChI=1S/C15H19NOS/c1-10-5-6-12(9-14(10)17-4)15(16-3)13-7-8-18-11(13)2/h5-9,15-16H,1-4H3. The largest absolute Gasteiger partial charge is 0.496 e. The van der Waals surface area contributed by atoms with E-state index in [1.54, 1.807) is 18.4 Å². The summed E-state index contributed by atoms with van der Waals surface area (Å²) in [6, 6.07) is 8.81. The molecular formula is C15H19NOS. The van der Waals surface area contributed by atoms with Crippen molar-refractivity contribution < 1.29 is 4.74 Å². The van der Waals surface area contributed by atoms with Gasteiger partial charge < -0.3 is 10.1 Å². The van der Waals surface area contributed by atoms with Gasteiger partial charge in [-0.25, -0.2) is 0 Å². The normalized spacial score (nSPS) is 12.4. The van der Waals surface area contributed by atoms with Gasteiger partial charge in [0, 0.05) is 4.88 Å². The molecule has 1 aromatic carbocycles. The number of aryl methyl sites for hydroxylation is 2. The molecule has 0 amide bonds. The molecule has 1 unspecified atom stereocenters. The lowest BCUT2D eigenvalue weighted by atomic mass is 9.98. The topological polar surface area (TPSA) is 21.3 Å². The summed E-state index contributed by atoms with van der Waals surface area (Å²) in [6.07, 6.45) is 0. The highest BCUT2D eigenvalue weighted by molar-refractivity contribution is 7.10. The van der Waals surface area contributed by atoms with E-state index < -0.39 is 0 Å². The molecule has 1 aromatic heterocycles. The maximum absolute atomic E-state index is 5.40. The second-order valence-electron chi connectivity index (χ2n) is 4.38. The highest BCUT2D eigenvalue weighted by Crippen LogP contribution is 2.30. The minimum Gasteiger partial charge on any atom is -0.496 e. The molecule has 0 saturated carbocycles. The number of nitrogens with one attached hydrogen (secondary N) is 1. The van der Waals surface area contributed by atoms with Gasteiger partial charge in [-0.2, -0.15) is 0 Å². The number of hydrogen-bond donors (Lipinski definition) is 1. The Bertz CT molecular complexity index is 533. The van der Waals surface area contributed by atoms with Crippen molar-refractivity contribution >= 4 is 11.3 Å². The number of hydrogen-bond acceptors (Lipinski definition) is 3. The van der Waals surface area contributed by atoms with Crippen LogP contribution in [0.1, 0.15) is 27.6 Å². The van der Waals surface area contributed by atoms with Gasteiger partial charge in [-0.1, -0.05) is 12.1 Å². The van der Waals surface area contributed by atoms with Crippen molar-refractivity contribution in [2.75, 3.05) is 14.2 Å². The van der Waals surface area contributed by atoms with Gasteiger partial charge >= 0.3 is 0 Å². The molecule has 1 atom stereocenters. The van der Waals surface area contributed by atoms with Crippen LogP contribution in [-0.2, 0) is 0 Å². The van der Waals surface area contributed by atoms with Gasteiger partial charge in [-0.3, -0.25) is 0 Å². The summed E-state index contributed by atoms with van der Waals surface area (Å²) in [7, 11) is 3.71. The van der Waals surface area contributed by atoms with Gasteiger partial charge in [0.05, 0.1) is 13.2 Å². The van der Waals surface area contributed by atoms with E-state index in [0.29, 0.717) is 0 Å². The highest BCUT2D eigenvalue weighted by Gasteiger charge is 2.16. The zero-order valence-electron chi connectivity index (χ0n) is 11.3. The Kier molecular flexibility index (Phi) is 4.04. The van der Waals surface area contributed by atoms with Crippen molar-refractivity contribution in [2.45, 2.75) is 19.9 Å². The van der Waals surface area contributed by atoms with Gasteiger partial charge in [0.15, 0.2) is 0 Å². The van der Waals surface area contributed by atoms with E-state index >= 15 is 0 Å². The lowest BCUT2D eigenvalue weighted by Crippen LogP contribution is -2.17. The van der Waals surface area contributed by atoms with E-state index in [1.807, 2.05) is 7.05 Å². The summed E-state index contributed by atoms with van der Waals surface area (Å²) in [5, 5.41) is 5.52. The monoisotopic (exact) mass is 261 g/mol. The summed E-state index contributed by atoms with van der Waals surface area (Å²) < 4.78 is 5.40. The molecule has 0 bridgehead atoms. The Morgan fingerprint density at radius 2 is 2.00 bits per heavy atom. The average molecular weight is 261 g/mol. The highest BCUT2D eigenvalue weighted by atomic mass is 32.1. The lowest BCUT2D eigenvalue weighted by Gasteiger charge is -2.18. The molecular weight excluding hydrogens is 242 g/mol. The van der Waals surface area contributed by atoms with Crippen molar-refractivity contribution in [2.24, 2.45) is 0 Å². The number of rotatable bonds is 4. The van der Waals surface area contributed by atoms with E-state index in [9.17, 15) is 0 Å². The molecule has 1 heterocycles. The number of benzene rings is 1. The minimum absolute atomic E-state index is 0.228. The molecule has 2 aromatic rings. The molecule has 0 saturated heterocycles. The zero-order chi connectivity index (χ0) is 13.1. The van der Waals surface area contributed by atoms with E-state index in [-0.39, 0.29) is 6.04 Å². The Balaban J connectivity index is 2.42. The van der Waals surface area contributed by atoms with Gasteiger partial charge in [0.25, 0.3) is 0 Å². The SMILES string of the molecule is CNC(c1ccc(C)c(OC)c1)c1ccsc1C. The predicted octanol–water partition coefficient (Wildman–Crippen LogP) is 3.68. The molecule has 18 heavy (non-hydrogen) atoms. The number of ether oxygens (including phenoxy) is 1. The quantitative estimate of drug-likeness (QED) is 0.906. The first-order valence-corrected chi connectivity index (χ1v) is 6.91. The third-order valence-electron chi connectivity index (χ3n) is 3.26. The van der Waals surface area contributed by atoms with Crippen LogP contribution in [0.15, 0.2) is 29.6 Å². The lowest BCUT2D eigenvalue weighted by molar-refractivity contribution is 0.410. The van der Waals surface area contributed by atoms with Crippen LogP contribution in [0.3, 0.4) is 0 Å². The summed E-state index contributed by atoms with van der Waals surface area (Å²) in [5.74, 6) is 0.945. The first kappa shape index (κ1) is 13.1. The van der Waals surface area contributed by atoms with E-state index in [2.05, 4.69) is 48.8 Å². The third-order valence-corrected chi connectivity index (χ3v) is 4.13. The molecule has 0 radical (unpaired) electrons. The van der Waals surface area contributed by atoms with Crippen LogP contribution in [0.4, 0.5) is 0 Å². The van der Waals surface area contributed by atoms with Crippen LogP contribution < -0.4 is 10.1 Å². The Morgan fingerprint density at radius 3 is 2.56 bits per heavy atom. The summed E-state index contributed by atoms with van der Waals surface area (Å²) in [5.41, 5.74) is 3.74. The molecule has 96 valence electrons. The maximum Gasteiger partial charge on any atom is 0.122 e. The first-order chi connectivity index (χ1) is 8.67. The molecule has 0 spiro atoms. The van der Waals surface area contributed by atoms with Crippen molar-refractivity contribution in [1.29, 1.82) is 0 Å². The second kappa shape index (κ2) is 5.55. The van der Waals surface area contributed by atoms with Crippen LogP contribution in [0.2, 0.25) is 0 Å². The zero-order valence-corrected chi connectivity index (χ0v) is 12.1. The fourth-order valence-electron chi connectivity index (χ4n) is 2.21. The van der Waals surface area contributed by atoms with Crippen LogP contribution in [0.25, 0.3) is 0 Å². The Hall–Kier alpha value is -1.32. The Morgan fingerprint density at radius 1 is 1.22 bits per heavy atom. The molecule has 2 rings (SSSR count). The van der Waals surface area contributed by atoms with Crippen LogP contribution >= 0.6 is 11.3 Å². The second-order valence-corrected chi connectivity index (χ2v) is 5.50. The molecule has 0 aliphatic carbocycles. The summed E-state index contributed by atoms with van der Waals surface area (Å²) in [4.78, 5) is 1.36. The van der Waals surface area contributed by atoms with Crippen molar-refractivity contribution in [1.82, 2.24) is 5.32 Å². The predicted molar refractivity (Wildman–Crippen MR) is 77.7 cm³/mol. The third kappa shape index (κ3) is 2.42. The molecule has 1 N–H and O–H groups in total. The van der Waals surface area contributed by atoms with Gasteiger partial charge in [-0.05, 0) is 55.1 Å². The maximum atomic E-state index is 5.40. The van der Waals surface area contributed by atoms with Crippen LogP contribution in [0.5, 0.6) is 5.75 Å². The van der Waals surface area contributed by atoms with Crippen molar-refractivity contribution in [3.63, 3.8) is 0 Å². The van der Waals surface area contributed by atoms with Gasteiger partial charge in [0.2, 0.25) is 0 Å².